The van der Waals surface area contributed by atoms with Gasteiger partial charge in [-0.25, -0.2) is 8.93 Å². The van der Waals surface area contributed by atoms with E-state index in [2.05, 4.69) is 9.88 Å². The SMILES string of the molecule is Cc1noc([C@@H](CC(=O)OC(C)(C)C)N[S@](=O)C(C)(C)C)c1-c1ccccc1C(=O)c1ccc(Cl)cc1. The van der Waals surface area contributed by atoms with Crippen molar-refractivity contribution in [2.45, 2.75) is 71.3 Å². The Labute approximate surface area is 225 Å². The molecule has 0 aliphatic rings. The zero-order valence-electron chi connectivity index (χ0n) is 22.2. The van der Waals surface area contributed by atoms with E-state index < -0.39 is 33.3 Å². The van der Waals surface area contributed by atoms with Gasteiger partial charge in [-0.05, 0) is 78.3 Å². The summed E-state index contributed by atoms with van der Waals surface area (Å²) >= 11 is 6.00. The average molecular weight is 545 g/mol. The van der Waals surface area contributed by atoms with Crippen LogP contribution in [0.4, 0.5) is 0 Å². The Balaban J connectivity index is 2.10. The Bertz CT molecular complexity index is 1300. The van der Waals surface area contributed by atoms with Crippen LogP contribution in [0.3, 0.4) is 0 Å². The maximum atomic E-state index is 13.5. The van der Waals surface area contributed by atoms with Gasteiger partial charge in [-0.15, -0.1) is 0 Å². The molecular formula is C28H33ClN2O5S. The van der Waals surface area contributed by atoms with E-state index in [1.165, 1.54) is 0 Å². The first-order valence-electron chi connectivity index (χ1n) is 11.9. The molecule has 1 aromatic heterocycles. The van der Waals surface area contributed by atoms with Crippen molar-refractivity contribution < 1.29 is 23.1 Å². The van der Waals surface area contributed by atoms with Crippen LogP contribution in [0.5, 0.6) is 0 Å². The number of esters is 1. The lowest BCUT2D eigenvalue weighted by atomic mass is 9.91. The molecule has 0 fully saturated rings. The van der Waals surface area contributed by atoms with Crippen LogP contribution in [-0.4, -0.2) is 31.5 Å². The molecule has 0 aliphatic carbocycles. The number of nitrogens with one attached hydrogen (secondary N) is 1. The van der Waals surface area contributed by atoms with Crippen LogP contribution in [0.2, 0.25) is 5.02 Å². The first-order valence-corrected chi connectivity index (χ1v) is 13.5. The highest BCUT2D eigenvalue weighted by molar-refractivity contribution is 7.84. The summed E-state index contributed by atoms with van der Waals surface area (Å²) in [6.07, 6.45) is -0.145. The van der Waals surface area contributed by atoms with Crippen molar-refractivity contribution in [3.63, 3.8) is 0 Å². The number of halogens is 1. The van der Waals surface area contributed by atoms with E-state index >= 15 is 0 Å². The van der Waals surface area contributed by atoms with E-state index in [0.29, 0.717) is 38.7 Å². The molecule has 0 radical (unpaired) electrons. The Morgan fingerprint density at radius 3 is 2.27 bits per heavy atom. The van der Waals surface area contributed by atoms with Gasteiger partial charge in [-0.1, -0.05) is 41.0 Å². The Morgan fingerprint density at radius 1 is 1.05 bits per heavy atom. The summed E-state index contributed by atoms with van der Waals surface area (Å²) in [5.74, 6) is -0.382. The van der Waals surface area contributed by atoms with Crippen LogP contribution in [0.1, 0.15) is 81.4 Å². The molecule has 0 amide bonds. The number of ether oxygens (including phenoxy) is 1. The summed E-state index contributed by atoms with van der Waals surface area (Å²) in [7, 11) is -1.53. The molecule has 2 atom stereocenters. The van der Waals surface area contributed by atoms with Crippen LogP contribution in [-0.2, 0) is 20.5 Å². The normalized spacial score (nSPS) is 13.7. The van der Waals surface area contributed by atoms with Gasteiger partial charge >= 0.3 is 5.97 Å². The van der Waals surface area contributed by atoms with Crippen molar-refractivity contribution in [2.75, 3.05) is 0 Å². The molecule has 0 saturated carbocycles. The van der Waals surface area contributed by atoms with E-state index in [0.717, 1.165) is 0 Å². The largest absolute Gasteiger partial charge is 0.460 e. The third-order valence-electron chi connectivity index (χ3n) is 5.35. The third kappa shape index (κ3) is 7.37. The van der Waals surface area contributed by atoms with Crippen LogP contribution in [0, 0.1) is 6.92 Å². The molecule has 37 heavy (non-hydrogen) atoms. The summed E-state index contributed by atoms with van der Waals surface area (Å²) in [6.45, 7) is 12.6. The molecule has 1 heterocycles. The fraction of sp³-hybridized carbons (Fsp3) is 0.393. The second-order valence-corrected chi connectivity index (χ2v) is 13.2. The highest BCUT2D eigenvalue weighted by Crippen LogP contribution is 2.36. The van der Waals surface area contributed by atoms with Crippen molar-refractivity contribution in [2.24, 2.45) is 0 Å². The second kappa shape index (κ2) is 11.3. The number of ketones is 1. The third-order valence-corrected chi connectivity index (χ3v) is 7.21. The van der Waals surface area contributed by atoms with Crippen molar-refractivity contribution in [3.05, 3.63) is 76.1 Å². The van der Waals surface area contributed by atoms with Crippen LogP contribution in [0.15, 0.2) is 53.1 Å². The molecule has 2 aromatic carbocycles. The van der Waals surface area contributed by atoms with Gasteiger partial charge in [0.1, 0.15) is 5.60 Å². The van der Waals surface area contributed by atoms with Gasteiger partial charge in [-0.3, -0.25) is 9.59 Å². The Kier molecular flexibility index (Phi) is 8.78. The highest BCUT2D eigenvalue weighted by Gasteiger charge is 2.33. The number of hydrogen-bond acceptors (Lipinski definition) is 6. The second-order valence-electron chi connectivity index (χ2n) is 10.7. The molecule has 0 aliphatic heterocycles. The van der Waals surface area contributed by atoms with E-state index in [-0.39, 0.29) is 12.2 Å². The van der Waals surface area contributed by atoms with Gasteiger partial charge in [-0.2, -0.15) is 0 Å². The van der Waals surface area contributed by atoms with Crippen molar-refractivity contribution in [1.82, 2.24) is 9.88 Å². The van der Waals surface area contributed by atoms with E-state index in [9.17, 15) is 13.8 Å². The number of carbonyl (C=O) groups excluding carboxylic acids is 2. The summed E-state index contributed by atoms with van der Waals surface area (Å²) in [5.41, 5.74) is 1.90. The Morgan fingerprint density at radius 2 is 1.68 bits per heavy atom. The Hall–Kier alpha value is -2.81. The number of carbonyl (C=O) groups is 2. The van der Waals surface area contributed by atoms with Crippen molar-refractivity contribution >= 4 is 34.3 Å². The molecule has 9 heteroatoms. The molecular weight excluding hydrogens is 512 g/mol. The summed E-state index contributed by atoms with van der Waals surface area (Å²) in [5, 5.41) is 4.69. The van der Waals surface area contributed by atoms with Gasteiger partial charge in [0.25, 0.3) is 0 Å². The average Bonchev–Trinajstić information content (AvgIpc) is 3.18. The van der Waals surface area contributed by atoms with E-state index in [1.807, 2.05) is 26.8 Å². The number of benzene rings is 2. The maximum absolute atomic E-state index is 13.5. The monoisotopic (exact) mass is 544 g/mol. The molecule has 0 spiro atoms. The van der Waals surface area contributed by atoms with Crippen LogP contribution in [0.25, 0.3) is 11.1 Å². The standard InChI is InChI=1S/C28H33ClN2O5S/c1-17-24(20-10-8-9-11-21(20)25(33)18-12-14-19(29)15-13-18)26(36-30-17)22(31-37(34)28(5,6)7)16-23(32)35-27(2,3)4/h8-15,22,31H,16H2,1-7H3/t22-,37-/m1/s1. The lowest BCUT2D eigenvalue weighted by Gasteiger charge is -2.25. The summed E-state index contributed by atoms with van der Waals surface area (Å²) in [6, 6.07) is 13.0. The molecule has 3 rings (SSSR count). The number of aromatic nitrogens is 1. The first-order chi connectivity index (χ1) is 17.2. The lowest BCUT2D eigenvalue weighted by Crippen LogP contribution is -2.37. The molecule has 7 nitrogen and oxygen atoms in total. The van der Waals surface area contributed by atoms with Gasteiger partial charge in [0, 0.05) is 21.7 Å². The predicted octanol–water partition coefficient (Wildman–Crippen LogP) is 6.36. The van der Waals surface area contributed by atoms with E-state index in [1.54, 1.807) is 70.2 Å². The summed E-state index contributed by atoms with van der Waals surface area (Å²) < 4.78 is 26.8. The summed E-state index contributed by atoms with van der Waals surface area (Å²) in [4.78, 5) is 26.3. The molecule has 3 aromatic rings. The quantitative estimate of drug-likeness (QED) is 0.262. The predicted molar refractivity (Wildman–Crippen MR) is 146 cm³/mol. The fourth-order valence-corrected chi connectivity index (χ4v) is 4.58. The minimum absolute atomic E-state index is 0.145. The number of rotatable bonds is 8. The number of aryl methyl sites for hydroxylation is 1. The fourth-order valence-electron chi connectivity index (χ4n) is 3.65. The minimum atomic E-state index is -1.53. The van der Waals surface area contributed by atoms with Crippen molar-refractivity contribution in [3.8, 4) is 11.1 Å². The lowest BCUT2D eigenvalue weighted by molar-refractivity contribution is -0.155. The molecule has 198 valence electrons. The minimum Gasteiger partial charge on any atom is -0.460 e. The van der Waals surface area contributed by atoms with Crippen LogP contribution < -0.4 is 4.72 Å². The molecule has 1 N–H and O–H groups in total. The maximum Gasteiger partial charge on any atom is 0.308 e. The molecule has 0 bridgehead atoms. The zero-order chi connectivity index (χ0) is 27.5. The van der Waals surface area contributed by atoms with Gasteiger partial charge < -0.3 is 9.26 Å². The van der Waals surface area contributed by atoms with E-state index in [4.69, 9.17) is 20.9 Å². The first kappa shape index (κ1) is 28.8. The topological polar surface area (TPSA) is 98.5 Å². The molecule has 0 unspecified atom stereocenters. The van der Waals surface area contributed by atoms with Gasteiger partial charge in [0.05, 0.1) is 33.9 Å². The number of hydrogen-bond donors (Lipinski definition) is 1. The smallest absolute Gasteiger partial charge is 0.308 e. The van der Waals surface area contributed by atoms with Gasteiger partial charge in [0.15, 0.2) is 11.5 Å². The molecule has 0 saturated heterocycles. The van der Waals surface area contributed by atoms with Crippen LogP contribution >= 0.6 is 11.6 Å². The highest BCUT2D eigenvalue weighted by atomic mass is 35.5. The van der Waals surface area contributed by atoms with Crippen molar-refractivity contribution in [1.29, 1.82) is 0 Å². The van der Waals surface area contributed by atoms with Gasteiger partial charge in [0.2, 0.25) is 0 Å². The zero-order valence-corrected chi connectivity index (χ0v) is 23.8. The number of nitrogens with zero attached hydrogens (tertiary/aromatic N) is 1.